The van der Waals surface area contributed by atoms with Crippen molar-refractivity contribution in [2.45, 2.75) is 78.4 Å². The van der Waals surface area contributed by atoms with E-state index in [-0.39, 0.29) is 17.7 Å². The number of aryl methyl sites for hydroxylation is 2. The molecule has 1 atom stereocenters. The number of piperidine rings is 1. The number of aromatic nitrogens is 4. The fraction of sp³-hybridized carbons (Fsp3) is 0.556. The number of rotatable bonds is 8. The van der Waals surface area contributed by atoms with Crippen molar-refractivity contribution in [1.82, 2.24) is 28.4 Å². The number of piperazine rings is 1. The molecule has 3 aliphatic rings. The summed E-state index contributed by atoms with van der Waals surface area (Å²) in [5.41, 5.74) is 3.52. The third-order valence-electron chi connectivity index (χ3n) is 10.2. The number of carbonyl (C=O) groups is 1. The van der Waals surface area contributed by atoms with Crippen LogP contribution in [0, 0.1) is 19.7 Å². The Kier molecular flexibility index (Phi) is 9.55. The zero-order valence-corrected chi connectivity index (χ0v) is 31.3. The van der Waals surface area contributed by atoms with Gasteiger partial charge in [-0.1, -0.05) is 11.5 Å². The van der Waals surface area contributed by atoms with Crippen LogP contribution in [0.1, 0.15) is 74.9 Å². The summed E-state index contributed by atoms with van der Waals surface area (Å²) >= 11 is 0. The molecule has 1 N–H and O–H groups in total. The molecule has 0 bridgehead atoms. The van der Waals surface area contributed by atoms with Crippen molar-refractivity contribution in [3.05, 3.63) is 40.3 Å². The first kappa shape index (κ1) is 36.2. The molecule has 280 valence electrons. The topological polar surface area (TPSA) is 156 Å². The van der Waals surface area contributed by atoms with Crippen LogP contribution in [0.5, 0.6) is 5.75 Å². The van der Waals surface area contributed by atoms with Gasteiger partial charge in [-0.15, -0.1) is 5.10 Å². The van der Waals surface area contributed by atoms with Crippen molar-refractivity contribution >= 4 is 33.2 Å². The second-order valence-electron chi connectivity index (χ2n) is 14.8. The molecule has 0 saturated carbocycles. The summed E-state index contributed by atoms with van der Waals surface area (Å²) in [5.74, 6) is -1.28. The highest BCUT2D eigenvalue weighted by Gasteiger charge is 2.36. The van der Waals surface area contributed by atoms with Crippen molar-refractivity contribution in [3.8, 4) is 28.5 Å². The molecule has 16 heteroatoms. The van der Waals surface area contributed by atoms with Gasteiger partial charge in [-0.3, -0.25) is 0 Å². The number of fused-ring (bicyclic) bond motifs is 2. The summed E-state index contributed by atoms with van der Waals surface area (Å²) in [5, 5.41) is 19.8. The van der Waals surface area contributed by atoms with Gasteiger partial charge in [0.05, 0.1) is 12.2 Å². The maximum atomic E-state index is 15.8. The van der Waals surface area contributed by atoms with E-state index < -0.39 is 33.7 Å². The number of nitrogens with zero attached hydrogens (tertiary/aromatic N) is 7. The van der Waals surface area contributed by atoms with Gasteiger partial charge < -0.3 is 28.5 Å². The predicted octanol–water partition coefficient (Wildman–Crippen LogP) is 5.16. The van der Waals surface area contributed by atoms with Crippen LogP contribution in [0.25, 0.3) is 33.7 Å². The average molecular weight is 740 g/mol. The van der Waals surface area contributed by atoms with Crippen LogP contribution >= 0.6 is 0 Å². The normalized spacial score (nSPS) is 18.4. The lowest BCUT2D eigenvalue weighted by atomic mass is 9.86. The number of carboxylic acid groups (broad SMARTS) is 1. The van der Waals surface area contributed by atoms with Crippen LogP contribution in [0.4, 0.5) is 10.4 Å². The van der Waals surface area contributed by atoms with Crippen LogP contribution in [-0.4, -0.2) is 99.3 Å². The Labute approximate surface area is 302 Å². The predicted molar refractivity (Wildman–Crippen MR) is 192 cm³/mol. The molecule has 0 radical (unpaired) electrons. The number of pyridine rings is 1. The van der Waals surface area contributed by atoms with Gasteiger partial charge in [0, 0.05) is 74.1 Å². The molecule has 4 aromatic rings. The minimum absolute atomic E-state index is 0.200. The Morgan fingerprint density at radius 1 is 1.00 bits per heavy atom. The van der Waals surface area contributed by atoms with Gasteiger partial charge in [0.2, 0.25) is 0 Å². The average Bonchev–Trinajstić information content (AvgIpc) is 3.73. The van der Waals surface area contributed by atoms with Gasteiger partial charge in [-0.05, 0) is 83.6 Å². The van der Waals surface area contributed by atoms with Crippen LogP contribution < -0.4 is 9.64 Å². The van der Waals surface area contributed by atoms with E-state index in [1.54, 1.807) is 43.6 Å². The molecule has 7 rings (SSSR count). The minimum Gasteiger partial charge on any atom is -0.490 e. The summed E-state index contributed by atoms with van der Waals surface area (Å²) in [6, 6.07) is 3.48. The second kappa shape index (κ2) is 13.7. The maximum Gasteiger partial charge on any atom is 0.337 e. The standard InChI is InChI=1S/C36H46FN7O7S/c1-21-23-11-10-18-49-30(23)26(37)19-24(21)29-25-20-27(41(6)32(25)38-22(2)28(29)31(34(45)46)51-36(3,4)5)33-39-40-35(50-33)42-14-16-44(17-15-42)52(47,48)43-12-8-7-9-13-43/h19-20,31H,7-18H2,1-6H3,(H,45,46)/t31-/m0/s1. The lowest BCUT2D eigenvalue weighted by molar-refractivity contribution is -0.160. The zero-order valence-electron chi connectivity index (χ0n) is 30.5. The van der Waals surface area contributed by atoms with Gasteiger partial charge >= 0.3 is 12.0 Å². The van der Waals surface area contributed by atoms with Crippen LogP contribution in [-0.2, 0) is 33.2 Å². The van der Waals surface area contributed by atoms with Crippen molar-refractivity contribution in [1.29, 1.82) is 0 Å². The molecular weight excluding hydrogens is 694 g/mol. The van der Waals surface area contributed by atoms with E-state index >= 15 is 4.39 Å². The van der Waals surface area contributed by atoms with Gasteiger partial charge in [0.25, 0.3) is 16.1 Å². The summed E-state index contributed by atoms with van der Waals surface area (Å²) < 4.78 is 65.3. The monoisotopic (exact) mass is 739 g/mol. The number of hydrogen-bond donors (Lipinski definition) is 1. The third kappa shape index (κ3) is 6.54. The molecule has 6 heterocycles. The van der Waals surface area contributed by atoms with Gasteiger partial charge in [-0.2, -0.15) is 17.0 Å². The molecule has 0 amide bonds. The van der Waals surface area contributed by atoms with E-state index in [0.29, 0.717) is 91.4 Å². The zero-order chi connectivity index (χ0) is 37.1. The lowest BCUT2D eigenvalue weighted by Crippen LogP contribution is -2.54. The van der Waals surface area contributed by atoms with Crippen molar-refractivity contribution in [2.24, 2.45) is 7.05 Å². The number of ether oxygens (including phenoxy) is 2. The first-order valence-corrected chi connectivity index (χ1v) is 19.2. The number of halogens is 1. The van der Waals surface area contributed by atoms with E-state index in [0.717, 1.165) is 36.8 Å². The molecule has 0 spiro atoms. The van der Waals surface area contributed by atoms with E-state index in [9.17, 15) is 18.3 Å². The summed E-state index contributed by atoms with van der Waals surface area (Å²) in [4.78, 5) is 19.7. The number of carboxylic acids is 1. The number of hydrogen-bond acceptors (Lipinski definition) is 10. The Morgan fingerprint density at radius 3 is 2.37 bits per heavy atom. The van der Waals surface area contributed by atoms with E-state index in [4.69, 9.17) is 18.9 Å². The fourth-order valence-corrected chi connectivity index (χ4v) is 9.26. The molecule has 14 nitrogen and oxygen atoms in total. The maximum absolute atomic E-state index is 15.8. The molecule has 1 aromatic carbocycles. The first-order chi connectivity index (χ1) is 24.7. The Hall–Kier alpha value is -4.12. The molecule has 2 saturated heterocycles. The quantitative estimate of drug-likeness (QED) is 0.255. The van der Waals surface area contributed by atoms with Crippen molar-refractivity contribution in [3.63, 3.8) is 0 Å². The van der Waals surface area contributed by atoms with Gasteiger partial charge in [-0.25, -0.2) is 14.2 Å². The van der Waals surface area contributed by atoms with E-state index in [1.165, 1.54) is 10.4 Å². The van der Waals surface area contributed by atoms with Crippen molar-refractivity contribution in [2.75, 3.05) is 50.8 Å². The fourth-order valence-electron chi connectivity index (χ4n) is 7.59. The number of benzene rings is 1. The van der Waals surface area contributed by atoms with Crippen LogP contribution in [0.3, 0.4) is 0 Å². The highest BCUT2D eigenvalue weighted by atomic mass is 32.2. The Balaban J connectivity index is 1.29. The lowest BCUT2D eigenvalue weighted by Gasteiger charge is -2.37. The van der Waals surface area contributed by atoms with E-state index in [2.05, 4.69) is 10.2 Å². The molecule has 2 fully saturated rings. The number of aliphatic carboxylic acids is 1. The smallest absolute Gasteiger partial charge is 0.337 e. The number of anilines is 1. The summed E-state index contributed by atoms with van der Waals surface area (Å²) in [6.45, 7) is 11.9. The molecule has 3 aliphatic heterocycles. The largest absolute Gasteiger partial charge is 0.490 e. The molecule has 3 aromatic heterocycles. The second-order valence-corrected chi connectivity index (χ2v) is 16.7. The highest BCUT2D eigenvalue weighted by Crippen LogP contribution is 2.45. The molecule has 0 unspecified atom stereocenters. The van der Waals surface area contributed by atoms with Crippen LogP contribution in [0.15, 0.2) is 16.5 Å². The Bertz CT molecular complexity index is 2130. The van der Waals surface area contributed by atoms with Gasteiger partial charge in [0.15, 0.2) is 17.7 Å². The molecular formula is C36H46FN7O7S. The highest BCUT2D eigenvalue weighted by molar-refractivity contribution is 7.86. The van der Waals surface area contributed by atoms with E-state index in [1.807, 2.05) is 17.9 Å². The van der Waals surface area contributed by atoms with Gasteiger partial charge in [0.1, 0.15) is 11.3 Å². The Morgan fingerprint density at radius 2 is 1.69 bits per heavy atom. The SMILES string of the molecule is Cc1nc2c(cc(-c3nnc(N4CCN(S(=O)(=O)N5CCCCC5)CC4)o3)n2C)c(-c2cc(F)c3c(c2C)CCCO3)c1[C@H](OC(C)(C)C)C(=O)O. The third-order valence-corrected chi connectivity index (χ3v) is 12.2. The van der Waals surface area contributed by atoms with Crippen molar-refractivity contribution < 1.29 is 36.6 Å². The first-order valence-electron chi connectivity index (χ1n) is 17.9. The van der Waals surface area contributed by atoms with Crippen LogP contribution in [0.2, 0.25) is 0 Å². The molecule has 52 heavy (non-hydrogen) atoms. The minimum atomic E-state index is -3.53. The summed E-state index contributed by atoms with van der Waals surface area (Å²) in [7, 11) is -1.73. The molecule has 0 aliphatic carbocycles. The summed E-state index contributed by atoms with van der Waals surface area (Å²) in [6.07, 6.45) is 2.75.